The summed E-state index contributed by atoms with van der Waals surface area (Å²) in [4.78, 5) is 20.6. The topological polar surface area (TPSA) is 54.5 Å². The minimum absolute atomic E-state index is 0.168. The van der Waals surface area contributed by atoms with Crippen LogP contribution in [0.2, 0.25) is 0 Å². The van der Waals surface area contributed by atoms with Gasteiger partial charge in [-0.05, 0) is 23.1 Å². The van der Waals surface area contributed by atoms with E-state index in [0.717, 1.165) is 54.0 Å². The molecule has 7 heteroatoms. The Morgan fingerprint density at radius 1 is 1.15 bits per heavy atom. The monoisotopic (exact) mass is 385 g/mol. The molecule has 0 radical (unpaired) electrons. The van der Waals surface area contributed by atoms with Crippen LogP contribution in [0.15, 0.2) is 47.2 Å². The number of amides is 1. The van der Waals surface area contributed by atoms with E-state index in [4.69, 9.17) is 4.74 Å². The molecule has 1 aliphatic heterocycles. The van der Waals surface area contributed by atoms with Crippen molar-refractivity contribution < 1.29 is 9.53 Å². The van der Waals surface area contributed by atoms with Gasteiger partial charge in [-0.1, -0.05) is 24.3 Å². The van der Waals surface area contributed by atoms with Gasteiger partial charge in [-0.25, -0.2) is 4.98 Å². The number of hydrogen-bond acceptors (Lipinski definition) is 6. The highest BCUT2D eigenvalue weighted by Crippen LogP contribution is 2.28. The Hall–Kier alpha value is -2.06. The second kappa shape index (κ2) is 8.09. The molecule has 2 aromatic heterocycles. The average molecular weight is 386 g/mol. The maximum Gasteiger partial charge on any atom is 0.275 e. The minimum atomic E-state index is -0.168. The van der Waals surface area contributed by atoms with Crippen molar-refractivity contribution in [1.29, 1.82) is 0 Å². The molecule has 0 bridgehead atoms. The summed E-state index contributed by atoms with van der Waals surface area (Å²) in [6, 6.07) is 12.0. The third-order valence-electron chi connectivity index (χ3n) is 4.23. The Labute approximate surface area is 160 Å². The summed E-state index contributed by atoms with van der Waals surface area (Å²) in [5, 5.41) is 7.73. The molecule has 1 saturated heterocycles. The predicted octanol–water partition coefficient (Wildman–Crippen LogP) is 3.96. The Balaban J connectivity index is 1.47. The van der Waals surface area contributed by atoms with E-state index in [9.17, 15) is 4.79 Å². The number of hydrogen-bond donors (Lipinski definition) is 1. The van der Waals surface area contributed by atoms with Gasteiger partial charge in [0.2, 0.25) is 0 Å². The number of carbonyl (C=O) groups is 1. The maximum atomic E-state index is 12.6. The smallest absolute Gasteiger partial charge is 0.275 e. The van der Waals surface area contributed by atoms with Crippen LogP contribution in [-0.4, -0.2) is 42.1 Å². The Kier molecular flexibility index (Phi) is 5.40. The molecule has 0 aliphatic carbocycles. The van der Waals surface area contributed by atoms with Crippen molar-refractivity contribution in [1.82, 2.24) is 9.88 Å². The number of thiophene rings is 1. The first-order valence-corrected chi connectivity index (χ1v) is 10.2. The average Bonchev–Trinajstić information content (AvgIpc) is 3.36. The van der Waals surface area contributed by atoms with Crippen LogP contribution in [0.4, 0.5) is 5.69 Å². The highest BCUT2D eigenvalue weighted by molar-refractivity contribution is 7.20. The number of rotatable bonds is 5. The van der Waals surface area contributed by atoms with Crippen LogP contribution in [0.1, 0.15) is 16.1 Å². The van der Waals surface area contributed by atoms with Gasteiger partial charge in [-0.2, -0.15) is 0 Å². The van der Waals surface area contributed by atoms with E-state index >= 15 is 0 Å². The Morgan fingerprint density at radius 3 is 2.81 bits per heavy atom. The van der Waals surface area contributed by atoms with Gasteiger partial charge >= 0.3 is 0 Å². The number of nitrogens with zero attached hydrogens (tertiary/aromatic N) is 2. The van der Waals surface area contributed by atoms with Crippen LogP contribution in [0.5, 0.6) is 0 Å². The quantitative estimate of drug-likeness (QED) is 0.722. The lowest BCUT2D eigenvalue weighted by atomic mass is 10.1. The van der Waals surface area contributed by atoms with Crippen LogP contribution < -0.4 is 5.32 Å². The number of nitrogens with one attached hydrogen (secondary N) is 1. The molecule has 3 aromatic rings. The lowest BCUT2D eigenvalue weighted by molar-refractivity contribution is 0.0342. The van der Waals surface area contributed by atoms with Gasteiger partial charge in [0.1, 0.15) is 10.7 Å². The van der Waals surface area contributed by atoms with Crippen LogP contribution in [0.3, 0.4) is 0 Å². The van der Waals surface area contributed by atoms with Crippen molar-refractivity contribution in [3.63, 3.8) is 0 Å². The van der Waals surface area contributed by atoms with Crippen LogP contribution in [-0.2, 0) is 11.3 Å². The lowest BCUT2D eigenvalue weighted by Crippen LogP contribution is -2.35. The number of carbonyl (C=O) groups excluding carboxylic acids is 1. The van der Waals surface area contributed by atoms with Gasteiger partial charge in [0.15, 0.2) is 0 Å². The molecular formula is C19H19N3O2S2. The van der Waals surface area contributed by atoms with E-state index in [0.29, 0.717) is 5.69 Å². The first-order valence-electron chi connectivity index (χ1n) is 8.48. The number of para-hydroxylation sites is 1. The molecule has 1 N–H and O–H groups in total. The molecule has 0 atom stereocenters. The van der Waals surface area contributed by atoms with Crippen molar-refractivity contribution in [2.75, 3.05) is 31.6 Å². The molecule has 3 heterocycles. The molecule has 0 unspecified atom stereocenters. The SMILES string of the molecule is O=C(Nc1ccccc1CN1CCOCC1)c1csc(-c2cccs2)n1. The molecule has 0 spiro atoms. The molecule has 1 amide bonds. The lowest BCUT2D eigenvalue weighted by Gasteiger charge is -2.27. The largest absolute Gasteiger partial charge is 0.379 e. The summed E-state index contributed by atoms with van der Waals surface area (Å²) in [7, 11) is 0. The first-order chi connectivity index (χ1) is 12.8. The van der Waals surface area contributed by atoms with Gasteiger partial charge in [0.25, 0.3) is 5.91 Å². The zero-order valence-corrected chi connectivity index (χ0v) is 15.8. The summed E-state index contributed by atoms with van der Waals surface area (Å²) in [6.45, 7) is 4.16. The molecule has 26 heavy (non-hydrogen) atoms. The third kappa shape index (κ3) is 4.02. The molecule has 1 aliphatic rings. The molecule has 0 saturated carbocycles. The standard InChI is InChI=1S/C19H19N3O2S2/c23-18(16-13-26-19(21-16)17-6-3-11-25-17)20-15-5-2-1-4-14(15)12-22-7-9-24-10-8-22/h1-6,11,13H,7-10,12H2,(H,20,23). The third-order valence-corrected chi connectivity index (χ3v) is 6.11. The van der Waals surface area contributed by atoms with E-state index in [1.54, 1.807) is 11.3 Å². The van der Waals surface area contributed by atoms with Crippen molar-refractivity contribution in [3.05, 3.63) is 58.4 Å². The van der Waals surface area contributed by atoms with Crippen molar-refractivity contribution in [2.45, 2.75) is 6.54 Å². The number of thiazole rings is 1. The van der Waals surface area contributed by atoms with Gasteiger partial charge in [0, 0.05) is 30.7 Å². The zero-order chi connectivity index (χ0) is 17.8. The zero-order valence-electron chi connectivity index (χ0n) is 14.2. The molecule has 4 rings (SSSR count). The number of anilines is 1. The summed E-state index contributed by atoms with van der Waals surface area (Å²) in [5.74, 6) is -0.168. The summed E-state index contributed by atoms with van der Waals surface area (Å²) in [6.07, 6.45) is 0. The van der Waals surface area contributed by atoms with Gasteiger partial charge in [-0.3, -0.25) is 9.69 Å². The minimum Gasteiger partial charge on any atom is -0.379 e. The van der Waals surface area contributed by atoms with Crippen LogP contribution in [0.25, 0.3) is 9.88 Å². The Bertz CT molecular complexity index is 871. The molecule has 1 aromatic carbocycles. The number of morpholine rings is 1. The van der Waals surface area contributed by atoms with E-state index in [-0.39, 0.29) is 5.91 Å². The van der Waals surface area contributed by atoms with Crippen LogP contribution in [0, 0.1) is 0 Å². The van der Waals surface area contributed by atoms with E-state index in [1.165, 1.54) is 11.3 Å². The number of aromatic nitrogens is 1. The van der Waals surface area contributed by atoms with Crippen LogP contribution >= 0.6 is 22.7 Å². The second-order valence-corrected chi connectivity index (χ2v) is 7.82. The number of benzene rings is 1. The van der Waals surface area contributed by atoms with Crippen molar-refractivity contribution in [2.24, 2.45) is 0 Å². The molecule has 1 fully saturated rings. The van der Waals surface area contributed by atoms with E-state index in [1.807, 2.05) is 41.1 Å². The maximum absolute atomic E-state index is 12.6. The summed E-state index contributed by atoms with van der Waals surface area (Å²) in [5.41, 5.74) is 2.41. The first kappa shape index (κ1) is 17.4. The number of ether oxygens (including phenoxy) is 1. The van der Waals surface area contributed by atoms with Gasteiger partial charge in [-0.15, -0.1) is 22.7 Å². The van der Waals surface area contributed by atoms with Gasteiger partial charge in [0.05, 0.1) is 18.1 Å². The highest BCUT2D eigenvalue weighted by atomic mass is 32.1. The van der Waals surface area contributed by atoms with Crippen molar-refractivity contribution >= 4 is 34.3 Å². The fourth-order valence-corrected chi connectivity index (χ4v) is 4.47. The van der Waals surface area contributed by atoms with Crippen molar-refractivity contribution in [3.8, 4) is 9.88 Å². The van der Waals surface area contributed by atoms with E-state index < -0.39 is 0 Å². The summed E-state index contributed by atoms with van der Waals surface area (Å²) >= 11 is 3.12. The Morgan fingerprint density at radius 2 is 2.00 bits per heavy atom. The fourth-order valence-electron chi connectivity index (χ4n) is 2.86. The molecule has 5 nitrogen and oxygen atoms in total. The van der Waals surface area contributed by atoms with Gasteiger partial charge < -0.3 is 10.1 Å². The fraction of sp³-hybridized carbons (Fsp3) is 0.263. The summed E-state index contributed by atoms with van der Waals surface area (Å²) < 4.78 is 5.41. The second-order valence-electron chi connectivity index (χ2n) is 6.01. The highest BCUT2D eigenvalue weighted by Gasteiger charge is 2.16. The molecule has 134 valence electrons. The molecular weight excluding hydrogens is 366 g/mol. The van der Waals surface area contributed by atoms with E-state index in [2.05, 4.69) is 21.3 Å². The predicted molar refractivity (Wildman–Crippen MR) is 106 cm³/mol. The normalized spacial score (nSPS) is 15.1.